The van der Waals surface area contributed by atoms with Crippen LogP contribution in [-0.4, -0.2) is 35.6 Å². The predicted molar refractivity (Wildman–Crippen MR) is 76.9 cm³/mol. The third kappa shape index (κ3) is 3.24. The minimum absolute atomic E-state index is 0.527. The molecule has 0 bridgehead atoms. The van der Waals surface area contributed by atoms with Crippen LogP contribution in [-0.2, 0) is 4.79 Å². The lowest BCUT2D eigenvalue weighted by atomic mass is 9.84. The van der Waals surface area contributed by atoms with E-state index < -0.39 is 11.4 Å². The number of rotatable bonds is 5. The zero-order chi connectivity index (χ0) is 13.7. The predicted octanol–water partition coefficient (Wildman–Crippen LogP) is 2.89. The molecule has 0 radical (unpaired) electrons. The Kier molecular flexibility index (Phi) is 4.38. The van der Waals surface area contributed by atoms with Crippen LogP contribution in [0.25, 0.3) is 6.08 Å². The van der Waals surface area contributed by atoms with Crippen LogP contribution < -0.4 is 0 Å². The summed E-state index contributed by atoms with van der Waals surface area (Å²) in [5.74, 6) is -0.649. The molecule has 1 aromatic rings. The van der Waals surface area contributed by atoms with Crippen LogP contribution in [0.1, 0.15) is 25.3 Å². The molecule has 1 aliphatic heterocycles. The summed E-state index contributed by atoms with van der Waals surface area (Å²) >= 11 is 0. The van der Waals surface area contributed by atoms with Gasteiger partial charge in [-0.1, -0.05) is 49.4 Å². The molecule has 3 nitrogen and oxygen atoms in total. The Balaban J connectivity index is 1.89. The van der Waals surface area contributed by atoms with Crippen molar-refractivity contribution in [2.24, 2.45) is 5.41 Å². The highest BCUT2D eigenvalue weighted by atomic mass is 16.4. The first kappa shape index (κ1) is 13.8. The molecule has 3 heteroatoms. The van der Waals surface area contributed by atoms with Gasteiger partial charge in [0.15, 0.2) is 0 Å². The van der Waals surface area contributed by atoms with Gasteiger partial charge in [0.2, 0.25) is 0 Å². The molecule has 102 valence electrons. The van der Waals surface area contributed by atoms with Crippen molar-refractivity contribution in [1.29, 1.82) is 0 Å². The smallest absolute Gasteiger partial charge is 0.310 e. The Hall–Kier alpha value is -1.61. The second-order valence-corrected chi connectivity index (χ2v) is 5.24. The van der Waals surface area contributed by atoms with E-state index in [1.54, 1.807) is 0 Å². The van der Waals surface area contributed by atoms with Gasteiger partial charge in [0, 0.05) is 13.1 Å². The summed E-state index contributed by atoms with van der Waals surface area (Å²) < 4.78 is 0. The minimum Gasteiger partial charge on any atom is -0.481 e. The maximum absolute atomic E-state index is 11.4. The highest BCUT2D eigenvalue weighted by Crippen LogP contribution is 2.33. The number of carboxylic acids is 1. The summed E-state index contributed by atoms with van der Waals surface area (Å²) in [7, 11) is 0. The van der Waals surface area contributed by atoms with Crippen LogP contribution >= 0.6 is 0 Å². The first-order chi connectivity index (χ1) is 9.16. The third-order valence-electron chi connectivity index (χ3n) is 4.04. The molecule has 1 aliphatic rings. The largest absolute Gasteiger partial charge is 0.481 e. The average Bonchev–Trinajstić information content (AvgIpc) is 2.85. The Morgan fingerprint density at radius 1 is 1.42 bits per heavy atom. The molecule has 1 N–H and O–H groups in total. The number of carbonyl (C=O) groups is 1. The molecule has 0 spiro atoms. The van der Waals surface area contributed by atoms with Gasteiger partial charge in [-0.3, -0.25) is 9.69 Å². The van der Waals surface area contributed by atoms with E-state index in [-0.39, 0.29) is 0 Å². The maximum atomic E-state index is 11.4. The Labute approximate surface area is 114 Å². The van der Waals surface area contributed by atoms with Gasteiger partial charge in [0.05, 0.1) is 5.41 Å². The van der Waals surface area contributed by atoms with Crippen molar-refractivity contribution in [3.63, 3.8) is 0 Å². The monoisotopic (exact) mass is 259 g/mol. The van der Waals surface area contributed by atoms with Crippen molar-refractivity contribution in [1.82, 2.24) is 4.90 Å². The van der Waals surface area contributed by atoms with Crippen molar-refractivity contribution < 1.29 is 9.90 Å². The highest BCUT2D eigenvalue weighted by molar-refractivity contribution is 5.75. The normalized spacial score (nSPS) is 24.1. The van der Waals surface area contributed by atoms with E-state index in [0.717, 1.165) is 19.5 Å². The molecule has 0 aromatic heterocycles. The van der Waals surface area contributed by atoms with E-state index in [1.807, 2.05) is 25.1 Å². The van der Waals surface area contributed by atoms with Gasteiger partial charge >= 0.3 is 5.97 Å². The average molecular weight is 259 g/mol. The molecule has 0 amide bonds. The van der Waals surface area contributed by atoms with E-state index in [0.29, 0.717) is 13.0 Å². The topological polar surface area (TPSA) is 40.5 Å². The summed E-state index contributed by atoms with van der Waals surface area (Å²) in [6, 6.07) is 10.2. The van der Waals surface area contributed by atoms with E-state index in [9.17, 15) is 9.90 Å². The molecular weight excluding hydrogens is 238 g/mol. The van der Waals surface area contributed by atoms with Gasteiger partial charge in [-0.05, 0) is 24.9 Å². The molecule has 2 rings (SSSR count). The number of likely N-dealkylation sites (tertiary alicyclic amines) is 1. The summed E-state index contributed by atoms with van der Waals surface area (Å²) in [4.78, 5) is 13.6. The molecule has 0 aliphatic carbocycles. The Bertz CT molecular complexity index is 455. The fourth-order valence-electron chi connectivity index (χ4n) is 2.63. The Morgan fingerprint density at radius 2 is 2.16 bits per heavy atom. The number of carboxylic acid groups (broad SMARTS) is 1. The zero-order valence-electron chi connectivity index (χ0n) is 11.4. The van der Waals surface area contributed by atoms with E-state index in [4.69, 9.17) is 0 Å². The summed E-state index contributed by atoms with van der Waals surface area (Å²) in [6.07, 6.45) is 5.68. The van der Waals surface area contributed by atoms with Gasteiger partial charge in [-0.25, -0.2) is 0 Å². The van der Waals surface area contributed by atoms with Crippen molar-refractivity contribution in [3.05, 3.63) is 42.0 Å². The number of hydrogen-bond acceptors (Lipinski definition) is 2. The van der Waals surface area contributed by atoms with Crippen molar-refractivity contribution in [2.45, 2.75) is 19.8 Å². The van der Waals surface area contributed by atoms with Crippen LogP contribution in [0.4, 0.5) is 0 Å². The van der Waals surface area contributed by atoms with Crippen molar-refractivity contribution in [3.8, 4) is 0 Å². The lowest BCUT2D eigenvalue weighted by Gasteiger charge is -2.22. The van der Waals surface area contributed by atoms with Crippen LogP contribution in [0.3, 0.4) is 0 Å². The van der Waals surface area contributed by atoms with Gasteiger partial charge in [-0.15, -0.1) is 0 Å². The fourth-order valence-corrected chi connectivity index (χ4v) is 2.63. The van der Waals surface area contributed by atoms with Crippen molar-refractivity contribution >= 4 is 12.0 Å². The first-order valence-electron chi connectivity index (χ1n) is 6.84. The van der Waals surface area contributed by atoms with E-state index in [1.165, 1.54) is 5.56 Å². The van der Waals surface area contributed by atoms with Gasteiger partial charge in [0.1, 0.15) is 0 Å². The van der Waals surface area contributed by atoms with Crippen LogP contribution in [0, 0.1) is 5.41 Å². The van der Waals surface area contributed by atoms with Gasteiger partial charge in [-0.2, -0.15) is 0 Å². The molecular formula is C16H21NO2. The molecule has 1 unspecified atom stereocenters. The quantitative estimate of drug-likeness (QED) is 0.884. The first-order valence-corrected chi connectivity index (χ1v) is 6.84. The molecule has 1 heterocycles. The molecule has 0 saturated carbocycles. The highest BCUT2D eigenvalue weighted by Gasteiger charge is 2.42. The maximum Gasteiger partial charge on any atom is 0.310 e. The third-order valence-corrected chi connectivity index (χ3v) is 4.04. The van der Waals surface area contributed by atoms with E-state index >= 15 is 0 Å². The minimum atomic E-state index is -0.649. The summed E-state index contributed by atoms with van der Waals surface area (Å²) in [5, 5.41) is 9.34. The molecule has 1 atom stereocenters. The molecule has 1 saturated heterocycles. The number of hydrogen-bond donors (Lipinski definition) is 1. The van der Waals surface area contributed by atoms with Crippen LogP contribution in [0.15, 0.2) is 36.4 Å². The summed E-state index contributed by atoms with van der Waals surface area (Å²) in [5.41, 5.74) is 0.655. The SMILES string of the molecule is CCC1(C(=O)O)CCN(CC=Cc2ccccc2)C1. The fraction of sp³-hybridized carbons (Fsp3) is 0.438. The van der Waals surface area contributed by atoms with Crippen molar-refractivity contribution in [2.75, 3.05) is 19.6 Å². The second-order valence-electron chi connectivity index (χ2n) is 5.24. The van der Waals surface area contributed by atoms with Crippen LogP contribution in [0.2, 0.25) is 0 Å². The molecule has 19 heavy (non-hydrogen) atoms. The Morgan fingerprint density at radius 3 is 2.74 bits per heavy atom. The second kappa shape index (κ2) is 6.02. The van der Waals surface area contributed by atoms with Gasteiger partial charge in [0.25, 0.3) is 0 Å². The van der Waals surface area contributed by atoms with Crippen LogP contribution in [0.5, 0.6) is 0 Å². The number of nitrogens with zero attached hydrogens (tertiary/aromatic N) is 1. The molecule has 1 fully saturated rings. The molecule has 1 aromatic carbocycles. The summed E-state index contributed by atoms with van der Waals surface area (Å²) in [6.45, 7) is 4.33. The van der Waals surface area contributed by atoms with Gasteiger partial charge < -0.3 is 5.11 Å². The van der Waals surface area contributed by atoms with E-state index in [2.05, 4.69) is 29.2 Å². The lowest BCUT2D eigenvalue weighted by molar-refractivity contribution is -0.148. The standard InChI is InChI=1S/C16H21NO2/c1-2-16(15(18)19)10-12-17(13-16)11-6-9-14-7-4-3-5-8-14/h3-9H,2,10-13H2,1H3,(H,18,19). The number of aliphatic carboxylic acids is 1. The number of benzene rings is 1. The lowest BCUT2D eigenvalue weighted by Crippen LogP contribution is -2.34. The zero-order valence-corrected chi connectivity index (χ0v) is 11.4.